The van der Waals surface area contributed by atoms with Crippen molar-refractivity contribution in [2.45, 2.75) is 33.4 Å². The molecule has 0 spiro atoms. The van der Waals surface area contributed by atoms with Crippen molar-refractivity contribution in [2.24, 2.45) is 5.92 Å². The fourth-order valence-electron chi connectivity index (χ4n) is 2.17. The summed E-state index contributed by atoms with van der Waals surface area (Å²) >= 11 is 0. The van der Waals surface area contributed by atoms with Gasteiger partial charge in [-0.25, -0.2) is 4.79 Å². The molecule has 0 radical (unpaired) electrons. The zero-order valence-electron chi connectivity index (χ0n) is 12.5. The van der Waals surface area contributed by atoms with Gasteiger partial charge in [0.05, 0.1) is 0 Å². The van der Waals surface area contributed by atoms with Crippen molar-refractivity contribution in [3.05, 3.63) is 36.0 Å². The molecular formula is C16H20N2O3. The predicted octanol–water partition coefficient (Wildman–Crippen LogP) is 2.50. The Kier molecular flexibility index (Phi) is 4.31. The fourth-order valence-corrected chi connectivity index (χ4v) is 2.17. The molecule has 2 aromatic rings. The molecule has 0 fully saturated rings. The number of nitrogens with one attached hydrogen (secondary N) is 1. The number of hydrogen-bond acceptors (Lipinski definition) is 2. The number of hydrogen-bond donors (Lipinski definition) is 2. The second kappa shape index (κ2) is 5.99. The summed E-state index contributed by atoms with van der Waals surface area (Å²) in [7, 11) is 0. The number of para-hydroxylation sites is 1. The van der Waals surface area contributed by atoms with Gasteiger partial charge in [0.15, 0.2) is 0 Å². The summed E-state index contributed by atoms with van der Waals surface area (Å²) in [5.41, 5.74) is 0.880. The van der Waals surface area contributed by atoms with Crippen molar-refractivity contribution in [3.8, 4) is 0 Å². The number of aromatic nitrogens is 1. The minimum atomic E-state index is -1.03. The van der Waals surface area contributed by atoms with E-state index in [0.29, 0.717) is 5.92 Å². The monoisotopic (exact) mass is 288 g/mol. The standard InChI is InChI=1S/C16H20N2O3/c1-10(2)11(3)17-15(19)9-18-13-7-5-4-6-12(13)8-14(18)16(20)21/h4-8,10-11H,9H2,1-3H3,(H,17,19)(H,20,21). The molecule has 1 heterocycles. The second-order valence-corrected chi connectivity index (χ2v) is 5.58. The van der Waals surface area contributed by atoms with E-state index in [9.17, 15) is 14.7 Å². The van der Waals surface area contributed by atoms with Crippen molar-refractivity contribution in [3.63, 3.8) is 0 Å². The van der Waals surface area contributed by atoms with E-state index in [2.05, 4.69) is 5.32 Å². The van der Waals surface area contributed by atoms with Gasteiger partial charge in [0.2, 0.25) is 5.91 Å². The van der Waals surface area contributed by atoms with E-state index in [0.717, 1.165) is 10.9 Å². The number of amides is 1. The Hall–Kier alpha value is -2.30. The molecule has 2 N–H and O–H groups in total. The number of rotatable bonds is 5. The molecule has 1 amide bonds. The third kappa shape index (κ3) is 3.24. The number of carbonyl (C=O) groups excluding carboxylic acids is 1. The summed E-state index contributed by atoms with van der Waals surface area (Å²) in [6, 6.07) is 8.98. The first-order chi connectivity index (χ1) is 9.90. The molecule has 0 saturated carbocycles. The van der Waals surface area contributed by atoms with E-state index >= 15 is 0 Å². The minimum Gasteiger partial charge on any atom is -0.477 e. The van der Waals surface area contributed by atoms with E-state index in [1.165, 1.54) is 0 Å². The summed E-state index contributed by atoms with van der Waals surface area (Å²) in [5, 5.41) is 13.0. The molecule has 5 heteroatoms. The summed E-state index contributed by atoms with van der Waals surface area (Å²) in [4.78, 5) is 23.5. The van der Waals surface area contributed by atoms with Gasteiger partial charge in [-0.3, -0.25) is 4.79 Å². The van der Waals surface area contributed by atoms with Crippen molar-refractivity contribution in [1.82, 2.24) is 9.88 Å². The number of aromatic carboxylic acids is 1. The molecule has 2 rings (SSSR count). The van der Waals surface area contributed by atoms with Crippen LogP contribution < -0.4 is 5.32 Å². The van der Waals surface area contributed by atoms with Gasteiger partial charge in [0.25, 0.3) is 0 Å². The van der Waals surface area contributed by atoms with Crippen LogP contribution in [0.1, 0.15) is 31.3 Å². The molecule has 1 atom stereocenters. The molecule has 0 bridgehead atoms. The van der Waals surface area contributed by atoms with Crippen LogP contribution in [0.4, 0.5) is 0 Å². The Morgan fingerprint density at radius 1 is 1.24 bits per heavy atom. The summed E-state index contributed by atoms with van der Waals surface area (Å²) < 4.78 is 1.54. The molecule has 0 saturated heterocycles. The molecule has 21 heavy (non-hydrogen) atoms. The fraction of sp³-hybridized carbons (Fsp3) is 0.375. The predicted molar refractivity (Wildman–Crippen MR) is 81.3 cm³/mol. The third-order valence-electron chi connectivity index (χ3n) is 3.72. The molecule has 112 valence electrons. The maximum Gasteiger partial charge on any atom is 0.352 e. The minimum absolute atomic E-state index is 0.00616. The van der Waals surface area contributed by atoms with Crippen LogP contribution in [0.2, 0.25) is 0 Å². The normalized spacial score (nSPS) is 12.6. The largest absolute Gasteiger partial charge is 0.477 e. The van der Waals surface area contributed by atoms with Crippen LogP contribution in [0.3, 0.4) is 0 Å². The van der Waals surface area contributed by atoms with Crippen LogP contribution in [-0.2, 0) is 11.3 Å². The van der Waals surface area contributed by atoms with Crippen molar-refractivity contribution in [1.29, 1.82) is 0 Å². The van der Waals surface area contributed by atoms with E-state index < -0.39 is 5.97 Å². The van der Waals surface area contributed by atoms with Gasteiger partial charge in [-0.2, -0.15) is 0 Å². The average molecular weight is 288 g/mol. The average Bonchev–Trinajstić information content (AvgIpc) is 2.78. The van der Waals surface area contributed by atoms with Crippen LogP contribution in [0.15, 0.2) is 30.3 Å². The third-order valence-corrected chi connectivity index (χ3v) is 3.72. The first-order valence-corrected chi connectivity index (χ1v) is 7.01. The highest BCUT2D eigenvalue weighted by atomic mass is 16.4. The lowest BCUT2D eigenvalue weighted by molar-refractivity contribution is -0.122. The maximum absolute atomic E-state index is 12.1. The maximum atomic E-state index is 12.1. The number of carbonyl (C=O) groups is 2. The molecule has 0 aliphatic heterocycles. The highest BCUT2D eigenvalue weighted by molar-refractivity contribution is 5.95. The van der Waals surface area contributed by atoms with Gasteiger partial charge in [0.1, 0.15) is 12.2 Å². The van der Waals surface area contributed by atoms with Gasteiger partial charge in [-0.15, -0.1) is 0 Å². The molecule has 1 aromatic carbocycles. The van der Waals surface area contributed by atoms with E-state index in [1.807, 2.05) is 45.0 Å². The lowest BCUT2D eigenvalue weighted by Gasteiger charge is -2.18. The zero-order valence-corrected chi connectivity index (χ0v) is 12.5. The van der Waals surface area contributed by atoms with Crippen LogP contribution in [-0.4, -0.2) is 27.6 Å². The van der Waals surface area contributed by atoms with Gasteiger partial charge in [-0.05, 0) is 25.0 Å². The Balaban J connectivity index is 2.30. The Morgan fingerprint density at radius 2 is 1.90 bits per heavy atom. The number of fused-ring (bicyclic) bond motifs is 1. The van der Waals surface area contributed by atoms with Gasteiger partial charge >= 0.3 is 5.97 Å². The first-order valence-electron chi connectivity index (χ1n) is 7.01. The Labute approximate surface area is 123 Å². The molecule has 0 aliphatic rings. The van der Waals surface area contributed by atoms with Gasteiger partial charge in [-0.1, -0.05) is 32.0 Å². The summed E-state index contributed by atoms with van der Waals surface area (Å²) in [5.74, 6) is -0.884. The van der Waals surface area contributed by atoms with Crippen molar-refractivity contribution < 1.29 is 14.7 Å². The highest BCUT2D eigenvalue weighted by Gasteiger charge is 2.18. The number of nitrogens with zero attached hydrogens (tertiary/aromatic N) is 1. The van der Waals surface area contributed by atoms with E-state index in [-0.39, 0.29) is 24.2 Å². The molecule has 0 aliphatic carbocycles. The van der Waals surface area contributed by atoms with Gasteiger partial charge < -0.3 is 15.0 Å². The molecule has 1 aromatic heterocycles. The number of carboxylic acids is 1. The quantitative estimate of drug-likeness (QED) is 0.888. The van der Waals surface area contributed by atoms with Crippen molar-refractivity contribution >= 4 is 22.8 Å². The summed E-state index contributed by atoms with van der Waals surface area (Å²) in [6.45, 7) is 6.00. The number of benzene rings is 1. The lowest BCUT2D eigenvalue weighted by Crippen LogP contribution is -2.38. The van der Waals surface area contributed by atoms with E-state index in [4.69, 9.17) is 0 Å². The SMILES string of the molecule is CC(C)C(C)NC(=O)Cn1c(C(=O)O)cc2ccccc21. The second-order valence-electron chi connectivity index (χ2n) is 5.58. The van der Waals surface area contributed by atoms with Crippen LogP contribution >= 0.6 is 0 Å². The molecule has 1 unspecified atom stereocenters. The van der Waals surface area contributed by atoms with Crippen molar-refractivity contribution in [2.75, 3.05) is 0 Å². The van der Waals surface area contributed by atoms with Gasteiger partial charge in [0, 0.05) is 16.9 Å². The van der Waals surface area contributed by atoms with Crippen LogP contribution in [0.25, 0.3) is 10.9 Å². The molecular weight excluding hydrogens is 268 g/mol. The topological polar surface area (TPSA) is 71.3 Å². The van der Waals surface area contributed by atoms with Crippen LogP contribution in [0, 0.1) is 5.92 Å². The lowest BCUT2D eigenvalue weighted by atomic mass is 10.1. The Morgan fingerprint density at radius 3 is 2.52 bits per heavy atom. The first kappa shape index (κ1) is 15.1. The summed E-state index contributed by atoms with van der Waals surface area (Å²) in [6.07, 6.45) is 0. The highest BCUT2D eigenvalue weighted by Crippen LogP contribution is 2.19. The Bertz CT molecular complexity index is 673. The van der Waals surface area contributed by atoms with E-state index in [1.54, 1.807) is 10.6 Å². The molecule has 5 nitrogen and oxygen atoms in total. The number of carboxylic acid groups (broad SMARTS) is 1. The van der Waals surface area contributed by atoms with Crippen LogP contribution in [0.5, 0.6) is 0 Å². The zero-order chi connectivity index (χ0) is 15.6. The smallest absolute Gasteiger partial charge is 0.352 e.